The van der Waals surface area contributed by atoms with Crippen LogP contribution in [0, 0.1) is 6.92 Å². The third kappa shape index (κ3) is 4.66. The van der Waals surface area contributed by atoms with Crippen molar-refractivity contribution in [3.05, 3.63) is 53.1 Å². The lowest BCUT2D eigenvalue weighted by Gasteiger charge is -2.14. The van der Waals surface area contributed by atoms with Crippen LogP contribution in [0.1, 0.15) is 21.5 Å². The van der Waals surface area contributed by atoms with Crippen LogP contribution in [0.4, 0.5) is 5.69 Å². The monoisotopic (exact) mass is 342 g/mol. The molecule has 1 N–H and O–H groups in total. The van der Waals surface area contributed by atoms with Gasteiger partial charge in [0.05, 0.1) is 14.2 Å². The predicted molar refractivity (Wildman–Crippen MR) is 101 cm³/mol. The normalized spacial score (nSPS) is 10.3. The van der Waals surface area contributed by atoms with Crippen LogP contribution in [0.2, 0.25) is 0 Å². The topological polar surface area (TPSA) is 50.8 Å². The van der Waals surface area contributed by atoms with E-state index in [0.717, 1.165) is 23.2 Å². The van der Waals surface area contributed by atoms with Gasteiger partial charge in [-0.25, -0.2) is 0 Å². The number of amides is 1. The minimum absolute atomic E-state index is 0.0663. The zero-order valence-electron chi connectivity index (χ0n) is 15.6. The molecule has 25 heavy (non-hydrogen) atoms. The second-order valence-electron chi connectivity index (χ2n) is 6.08. The van der Waals surface area contributed by atoms with Gasteiger partial charge in [0.25, 0.3) is 5.91 Å². The number of hydrogen-bond acceptors (Lipinski definition) is 4. The number of anilines is 1. The van der Waals surface area contributed by atoms with Crippen molar-refractivity contribution in [2.24, 2.45) is 0 Å². The number of nitrogens with zero attached hydrogens (tertiary/aromatic N) is 1. The van der Waals surface area contributed by atoms with Crippen molar-refractivity contribution in [2.75, 3.05) is 39.8 Å². The quantitative estimate of drug-likeness (QED) is 0.840. The number of carbonyl (C=O) groups is 1. The van der Waals surface area contributed by atoms with Gasteiger partial charge in [-0.1, -0.05) is 0 Å². The van der Waals surface area contributed by atoms with Gasteiger partial charge in [-0.3, -0.25) is 4.79 Å². The lowest BCUT2D eigenvalue weighted by atomic mass is 10.0. The summed E-state index contributed by atoms with van der Waals surface area (Å²) in [6.07, 6.45) is 0.730. The molecular weight excluding hydrogens is 316 g/mol. The first-order chi connectivity index (χ1) is 12.0. The number of hydrogen-bond donors (Lipinski definition) is 1. The molecule has 0 saturated carbocycles. The first-order valence-corrected chi connectivity index (χ1v) is 8.23. The molecule has 0 heterocycles. The molecule has 2 rings (SSSR count). The van der Waals surface area contributed by atoms with E-state index in [2.05, 4.69) is 5.32 Å². The number of methoxy groups -OCH3 is 2. The van der Waals surface area contributed by atoms with Crippen molar-refractivity contribution in [1.82, 2.24) is 5.32 Å². The molecule has 2 aromatic carbocycles. The molecule has 0 aromatic heterocycles. The second-order valence-corrected chi connectivity index (χ2v) is 6.08. The van der Waals surface area contributed by atoms with Crippen LogP contribution in [0.25, 0.3) is 0 Å². The van der Waals surface area contributed by atoms with Crippen LogP contribution in [-0.4, -0.2) is 40.8 Å². The molecule has 0 spiro atoms. The lowest BCUT2D eigenvalue weighted by molar-refractivity contribution is 0.0954. The Bertz CT molecular complexity index is 724. The van der Waals surface area contributed by atoms with Gasteiger partial charge in [0.15, 0.2) is 11.5 Å². The molecule has 0 unspecified atom stereocenters. The van der Waals surface area contributed by atoms with Crippen LogP contribution >= 0.6 is 0 Å². The summed E-state index contributed by atoms with van der Waals surface area (Å²) in [4.78, 5) is 14.3. The standard InChI is InChI=1S/C20H26N2O3/c1-14-12-18(24-4)19(25-5)13-16(14)10-11-21-20(23)15-6-8-17(9-7-15)22(2)3/h6-9,12-13H,10-11H2,1-5H3,(H,21,23). The van der Waals surface area contributed by atoms with Gasteiger partial charge in [-0.05, 0) is 60.9 Å². The highest BCUT2D eigenvalue weighted by Crippen LogP contribution is 2.30. The van der Waals surface area contributed by atoms with Crippen LogP contribution < -0.4 is 19.7 Å². The number of ether oxygens (including phenoxy) is 2. The Morgan fingerprint density at radius 2 is 1.64 bits per heavy atom. The molecule has 0 saturated heterocycles. The van der Waals surface area contributed by atoms with Crippen molar-refractivity contribution in [3.8, 4) is 11.5 Å². The summed E-state index contributed by atoms with van der Waals surface area (Å²) < 4.78 is 10.6. The van der Waals surface area contributed by atoms with E-state index in [1.165, 1.54) is 0 Å². The van der Waals surface area contributed by atoms with Crippen molar-refractivity contribution in [2.45, 2.75) is 13.3 Å². The Morgan fingerprint density at radius 3 is 2.20 bits per heavy atom. The minimum atomic E-state index is -0.0663. The number of benzene rings is 2. The molecule has 0 atom stereocenters. The average Bonchev–Trinajstić information content (AvgIpc) is 2.62. The number of nitrogens with one attached hydrogen (secondary N) is 1. The summed E-state index contributed by atoms with van der Waals surface area (Å²) in [6.45, 7) is 2.59. The summed E-state index contributed by atoms with van der Waals surface area (Å²) in [5, 5.41) is 2.96. The highest BCUT2D eigenvalue weighted by atomic mass is 16.5. The molecule has 0 aliphatic rings. The SMILES string of the molecule is COc1cc(C)c(CCNC(=O)c2ccc(N(C)C)cc2)cc1OC. The minimum Gasteiger partial charge on any atom is -0.493 e. The van der Waals surface area contributed by atoms with Crippen molar-refractivity contribution in [3.63, 3.8) is 0 Å². The van der Waals surface area contributed by atoms with Crippen LogP contribution in [0.5, 0.6) is 11.5 Å². The first-order valence-electron chi connectivity index (χ1n) is 8.23. The van der Waals surface area contributed by atoms with Gasteiger partial charge in [0.2, 0.25) is 0 Å². The van der Waals surface area contributed by atoms with E-state index in [1.807, 2.05) is 62.3 Å². The maximum atomic E-state index is 12.3. The fourth-order valence-electron chi connectivity index (χ4n) is 2.62. The Morgan fingerprint density at radius 1 is 1.04 bits per heavy atom. The van der Waals surface area contributed by atoms with Crippen molar-refractivity contribution >= 4 is 11.6 Å². The molecule has 5 heteroatoms. The van der Waals surface area contributed by atoms with Crippen LogP contribution in [-0.2, 0) is 6.42 Å². The molecule has 1 amide bonds. The summed E-state index contributed by atoms with van der Waals surface area (Å²) in [7, 11) is 7.19. The van der Waals surface area contributed by atoms with E-state index in [-0.39, 0.29) is 5.91 Å². The lowest BCUT2D eigenvalue weighted by Crippen LogP contribution is -2.25. The maximum absolute atomic E-state index is 12.3. The molecule has 134 valence electrons. The molecule has 0 aliphatic heterocycles. The molecule has 0 aliphatic carbocycles. The number of rotatable bonds is 7. The van der Waals surface area contributed by atoms with Crippen LogP contribution in [0.3, 0.4) is 0 Å². The summed E-state index contributed by atoms with van der Waals surface area (Å²) in [5.41, 5.74) is 3.97. The first kappa shape index (κ1) is 18.6. The molecule has 0 bridgehead atoms. The van der Waals surface area contributed by atoms with E-state index in [1.54, 1.807) is 14.2 Å². The summed E-state index contributed by atoms with van der Waals surface area (Å²) in [5.74, 6) is 1.35. The number of aryl methyl sites for hydroxylation is 1. The van der Waals surface area contributed by atoms with Gasteiger partial charge in [-0.2, -0.15) is 0 Å². The van der Waals surface area contributed by atoms with E-state index >= 15 is 0 Å². The second kappa shape index (κ2) is 8.42. The van der Waals surface area contributed by atoms with E-state index in [9.17, 15) is 4.79 Å². The zero-order valence-corrected chi connectivity index (χ0v) is 15.6. The smallest absolute Gasteiger partial charge is 0.251 e. The Balaban J connectivity index is 1.97. The van der Waals surface area contributed by atoms with Gasteiger partial charge >= 0.3 is 0 Å². The van der Waals surface area contributed by atoms with E-state index < -0.39 is 0 Å². The van der Waals surface area contributed by atoms with Crippen molar-refractivity contribution in [1.29, 1.82) is 0 Å². The third-order valence-electron chi connectivity index (χ3n) is 4.17. The van der Waals surface area contributed by atoms with E-state index in [0.29, 0.717) is 23.6 Å². The Labute approximate surface area is 149 Å². The van der Waals surface area contributed by atoms with Crippen LogP contribution in [0.15, 0.2) is 36.4 Å². The Kier molecular flexibility index (Phi) is 6.28. The molecule has 2 aromatic rings. The third-order valence-corrected chi connectivity index (χ3v) is 4.17. The maximum Gasteiger partial charge on any atom is 0.251 e. The molecule has 5 nitrogen and oxygen atoms in total. The van der Waals surface area contributed by atoms with Gasteiger partial charge < -0.3 is 19.7 Å². The fraction of sp³-hybridized carbons (Fsp3) is 0.350. The van der Waals surface area contributed by atoms with Gasteiger partial charge in [-0.15, -0.1) is 0 Å². The molecule has 0 fully saturated rings. The molecular formula is C20H26N2O3. The summed E-state index contributed by atoms with van der Waals surface area (Å²) >= 11 is 0. The largest absolute Gasteiger partial charge is 0.493 e. The fourth-order valence-corrected chi connectivity index (χ4v) is 2.62. The zero-order chi connectivity index (χ0) is 18.4. The van der Waals surface area contributed by atoms with E-state index in [4.69, 9.17) is 9.47 Å². The van der Waals surface area contributed by atoms with Gasteiger partial charge in [0, 0.05) is 31.9 Å². The Hall–Kier alpha value is -2.69. The predicted octanol–water partition coefficient (Wildman–Crippen LogP) is 3.05. The number of carbonyl (C=O) groups excluding carboxylic acids is 1. The van der Waals surface area contributed by atoms with Crippen molar-refractivity contribution < 1.29 is 14.3 Å². The summed E-state index contributed by atoms with van der Waals surface area (Å²) in [6, 6.07) is 11.5. The molecule has 0 radical (unpaired) electrons. The average molecular weight is 342 g/mol. The highest BCUT2D eigenvalue weighted by molar-refractivity contribution is 5.94. The van der Waals surface area contributed by atoms with Gasteiger partial charge in [0.1, 0.15) is 0 Å². The highest BCUT2D eigenvalue weighted by Gasteiger charge is 2.10.